The van der Waals surface area contributed by atoms with Crippen molar-refractivity contribution in [3.8, 4) is 0 Å². The summed E-state index contributed by atoms with van der Waals surface area (Å²) in [6, 6.07) is 0. The molecule has 0 saturated carbocycles. The van der Waals surface area contributed by atoms with E-state index in [9.17, 15) is 0 Å². The first-order valence-corrected chi connectivity index (χ1v) is 1.65. The van der Waals surface area contributed by atoms with Crippen LogP contribution in [0.5, 0.6) is 0 Å². The third kappa shape index (κ3) is 0.690. The van der Waals surface area contributed by atoms with Crippen molar-refractivity contribution in [1.82, 2.24) is 0 Å². The summed E-state index contributed by atoms with van der Waals surface area (Å²) in [5, 5.41) is 0. The van der Waals surface area contributed by atoms with Crippen molar-refractivity contribution >= 4 is 16.0 Å². The molecule has 0 unspecified atom stereocenters. The highest BCUT2D eigenvalue weighted by atomic mass is 15.3. The van der Waals surface area contributed by atoms with Crippen LogP contribution in [0.25, 0.3) is 0 Å². The van der Waals surface area contributed by atoms with Gasteiger partial charge in [0.2, 0.25) is 0 Å². The van der Waals surface area contributed by atoms with E-state index in [2.05, 4.69) is 0 Å². The van der Waals surface area contributed by atoms with Crippen LogP contribution >= 0.6 is 0 Å². The molecule has 1 aliphatic heterocycles. The van der Waals surface area contributed by atoms with Gasteiger partial charge in [-0.05, 0) is 0 Å². The van der Waals surface area contributed by atoms with E-state index in [1.807, 2.05) is 0 Å². The average molecular weight is 63.7 g/mol. The van der Waals surface area contributed by atoms with Crippen molar-refractivity contribution in [2.45, 2.75) is 0 Å². The van der Waals surface area contributed by atoms with Gasteiger partial charge in [-0.1, -0.05) is 0 Å². The Hall–Kier alpha value is 0.0899. The first kappa shape index (κ1) is 3.29. The minimum absolute atomic E-state index is 0.250. The van der Waals surface area contributed by atoms with E-state index in [4.69, 9.17) is 16.0 Å². The van der Waals surface area contributed by atoms with E-state index >= 15 is 0 Å². The molecule has 1 rings (SSSR count). The standard InChI is InChI=1S/C2H4B2N/c3-5(4)1-2-5/h1-2H2/q+1. The topological polar surface area (TPSA) is 0 Å². The van der Waals surface area contributed by atoms with Gasteiger partial charge >= 0.3 is 16.0 Å². The monoisotopic (exact) mass is 64.1 g/mol. The molecule has 0 bridgehead atoms. The molecule has 1 saturated heterocycles. The molecule has 0 aromatic heterocycles. The second-order valence-corrected chi connectivity index (χ2v) is 1.55. The van der Waals surface area contributed by atoms with Crippen molar-refractivity contribution < 1.29 is 4.31 Å². The van der Waals surface area contributed by atoms with Crippen LogP contribution < -0.4 is 0 Å². The van der Waals surface area contributed by atoms with Crippen molar-refractivity contribution in [2.24, 2.45) is 0 Å². The van der Waals surface area contributed by atoms with Crippen molar-refractivity contribution in [3.63, 3.8) is 0 Å². The summed E-state index contributed by atoms with van der Waals surface area (Å²) in [4.78, 5) is 0. The summed E-state index contributed by atoms with van der Waals surface area (Å²) in [5.74, 6) is 0. The molecular formula is C2H4B2N+. The molecule has 0 aliphatic carbocycles. The van der Waals surface area contributed by atoms with E-state index < -0.39 is 0 Å². The molecule has 0 atom stereocenters. The lowest BCUT2D eigenvalue weighted by Crippen LogP contribution is -2.15. The van der Waals surface area contributed by atoms with Gasteiger partial charge in [0.25, 0.3) is 0 Å². The predicted octanol–water partition coefficient (Wildman–Crippen LogP) is -1.02. The molecule has 1 heterocycles. The van der Waals surface area contributed by atoms with Gasteiger partial charge in [-0.2, -0.15) is 0 Å². The molecule has 1 nitrogen and oxygen atoms in total. The smallest absolute Gasteiger partial charge is 0.456 e. The highest BCUT2D eigenvalue weighted by Gasteiger charge is 2.29. The van der Waals surface area contributed by atoms with Crippen LogP contribution in [0.1, 0.15) is 0 Å². The fraction of sp³-hybridized carbons (Fsp3) is 1.00. The van der Waals surface area contributed by atoms with E-state index in [1.54, 1.807) is 0 Å². The van der Waals surface area contributed by atoms with Crippen LogP contribution in [0.15, 0.2) is 0 Å². The van der Waals surface area contributed by atoms with Gasteiger partial charge in [-0.25, -0.2) is 0 Å². The van der Waals surface area contributed by atoms with Gasteiger partial charge in [0.05, 0.1) is 13.1 Å². The van der Waals surface area contributed by atoms with Crippen molar-refractivity contribution in [3.05, 3.63) is 0 Å². The van der Waals surface area contributed by atoms with Gasteiger partial charge < -0.3 is 4.31 Å². The number of hydrogen-bond acceptors (Lipinski definition) is 0. The van der Waals surface area contributed by atoms with Crippen LogP contribution in [0, 0.1) is 0 Å². The zero-order valence-electron chi connectivity index (χ0n) is 3.02. The molecule has 5 heavy (non-hydrogen) atoms. The molecule has 4 radical (unpaired) electrons. The molecule has 0 spiro atoms. The van der Waals surface area contributed by atoms with Gasteiger partial charge in [-0.15, -0.1) is 0 Å². The minimum Gasteiger partial charge on any atom is -0.464 e. The van der Waals surface area contributed by atoms with Gasteiger partial charge in [0, 0.05) is 0 Å². The van der Waals surface area contributed by atoms with Gasteiger partial charge in [-0.3, -0.25) is 0 Å². The Morgan fingerprint density at radius 2 is 1.40 bits per heavy atom. The summed E-state index contributed by atoms with van der Waals surface area (Å²) in [6.45, 7) is 1.89. The van der Waals surface area contributed by atoms with Crippen molar-refractivity contribution in [2.75, 3.05) is 13.1 Å². The first-order valence-electron chi connectivity index (χ1n) is 1.65. The molecule has 0 aromatic carbocycles. The lowest BCUT2D eigenvalue weighted by atomic mass is 10.2. The molecule has 1 fully saturated rings. The van der Waals surface area contributed by atoms with E-state index in [-0.39, 0.29) is 4.31 Å². The third-order valence-electron chi connectivity index (χ3n) is 0.740. The Balaban J connectivity index is 2.38. The third-order valence-corrected chi connectivity index (χ3v) is 0.740. The summed E-state index contributed by atoms with van der Waals surface area (Å²) < 4.78 is 0.250. The van der Waals surface area contributed by atoms with Crippen LogP contribution in [0.3, 0.4) is 0 Å². The predicted molar refractivity (Wildman–Crippen MR) is 21.5 cm³/mol. The number of hydrogen-bond donors (Lipinski definition) is 0. The Bertz CT molecular complexity index is 45.6. The SMILES string of the molecule is [B][N+]1([B])CC1. The normalized spacial score (nSPS) is 29.6. The molecule has 3 heteroatoms. The lowest BCUT2D eigenvalue weighted by molar-refractivity contribution is -0.525. The van der Waals surface area contributed by atoms with Gasteiger partial charge in [0.1, 0.15) is 0 Å². The number of quaternary nitrogens is 1. The van der Waals surface area contributed by atoms with Crippen molar-refractivity contribution in [1.29, 1.82) is 0 Å². The van der Waals surface area contributed by atoms with E-state index in [0.29, 0.717) is 0 Å². The Morgan fingerprint density at radius 3 is 1.40 bits per heavy atom. The average Bonchev–Trinajstić information content (AvgIpc) is 1.76. The molecule has 0 amide bonds. The zero-order valence-corrected chi connectivity index (χ0v) is 3.02. The summed E-state index contributed by atoms with van der Waals surface area (Å²) in [7, 11) is 10.4. The van der Waals surface area contributed by atoms with Crippen LogP contribution in [0.2, 0.25) is 0 Å². The fourth-order valence-electron chi connectivity index (χ4n) is 0.115. The largest absolute Gasteiger partial charge is 0.464 e. The highest BCUT2D eigenvalue weighted by molar-refractivity contribution is 6.15. The van der Waals surface area contributed by atoms with Crippen LogP contribution in [-0.4, -0.2) is 33.4 Å². The zero-order chi connectivity index (χ0) is 3.91. The Kier molecular flexibility index (Phi) is 0.392. The lowest BCUT2D eigenvalue weighted by Gasteiger charge is -1.95. The highest BCUT2D eigenvalue weighted by Crippen LogP contribution is 2.06. The molecule has 0 aromatic rings. The van der Waals surface area contributed by atoms with Gasteiger partial charge in [0.15, 0.2) is 0 Å². The van der Waals surface area contributed by atoms with E-state index in [0.717, 1.165) is 13.1 Å². The fourth-order valence-corrected chi connectivity index (χ4v) is 0.115. The summed E-state index contributed by atoms with van der Waals surface area (Å²) >= 11 is 0. The maximum absolute atomic E-state index is 5.18. The number of rotatable bonds is 0. The van der Waals surface area contributed by atoms with Crippen LogP contribution in [-0.2, 0) is 0 Å². The molecule has 22 valence electrons. The Labute approximate surface area is 34.4 Å². The second-order valence-electron chi connectivity index (χ2n) is 1.55. The molecule has 1 aliphatic rings. The van der Waals surface area contributed by atoms with E-state index in [1.165, 1.54) is 0 Å². The molecule has 0 N–H and O–H groups in total. The summed E-state index contributed by atoms with van der Waals surface area (Å²) in [5.41, 5.74) is 0. The first-order chi connectivity index (χ1) is 2.21. The minimum atomic E-state index is 0.250. The summed E-state index contributed by atoms with van der Waals surface area (Å²) in [6.07, 6.45) is 0. The van der Waals surface area contributed by atoms with Crippen LogP contribution in [0.4, 0.5) is 0 Å². The molecular weight excluding hydrogens is 59.7 g/mol. The second kappa shape index (κ2) is 0.597. The Morgan fingerprint density at radius 1 is 1.20 bits per heavy atom. The quantitative estimate of drug-likeness (QED) is 0.250. The number of nitrogens with zero attached hydrogens (tertiary/aromatic N) is 1. The maximum Gasteiger partial charge on any atom is 0.456 e. The maximum atomic E-state index is 5.18.